The van der Waals surface area contributed by atoms with Gasteiger partial charge in [-0.15, -0.1) is 10.2 Å². The van der Waals surface area contributed by atoms with E-state index in [0.29, 0.717) is 26.7 Å². The summed E-state index contributed by atoms with van der Waals surface area (Å²) in [5, 5.41) is 9.44. The van der Waals surface area contributed by atoms with E-state index in [-0.39, 0.29) is 16.8 Å². The molecule has 0 fully saturated rings. The van der Waals surface area contributed by atoms with Gasteiger partial charge in [-0.1, -0.05) is 35.1 Å². The smallest absolute Gasteiger partial charge is 0.297 e. The van der Waals surface area contributed by atoms with Crippen molar-refractivity contribution in [1.29, 1.82) is 0 Å². The Hall–Kier alpha value is -3.39. The third kappa shape index (κ3) is 2.67. The Kier molecular flexibility index (Phi) is 3.85. The molecule has 0 saturated heterocycles. The molecule has 2 aromatic heterocycles. The number of hydrogen-bond acceptors (Lipinski definition) is 6. The fourth-order valence-electron chi connectivity index (χ4n) is 3.66. The molecule has 1 aliphatic heterocycles. The minimum absolute atomic E-state index is 0.0477. The fourth-order valence-corrected chi connectivity index (χ4v) is 4.37. The number of nitrogens with zero attached hydrogens (tertiary/aromatic N) is 3. The van der Waals surface area contributed by atoms with E-state index in [1.54, 1.807) is 31.2 Å². The molecule has 4 aromatic rings. The molecule has 6 nitrogen and oxygen atoms in total. The SMILES string of the molecule is Cc1ccc2oc3c(c(=O)c2c1)[C@@H](c1cccc(F)c1)N(c1nnc(C)s1)C3=O. The normalized spacial score (nSPS) is 15.9. The predicted octanol–water partition coefficient (Wildman–Crippen LogP) is 4.15. The van der Waals surface area contributed by atoms with Crippen LogP contribution in [0.3, 0.4) is 0 Å². The number of fused-ring (bicyclic) bond motifs is 2. The van der Waals surface area contributed by atoms with Gasteiger partial charge >= 0.3 is 0 Å². The van der Waals surface area contributed by atoms with Gasteiger partial charge in [-0.2, -0.15) is 0 Å². The average Bonchev–Trinajstić information content (AvgIpc) is 3.24. The number of halogens is 1. The largest absolute Gasteiger partial charge is 0.450 e. The first-order chi connectivity index (χ1) is 13.9. The summed E-state index contributed by atoms with van der Waals surface area (Å²) in [6.07, 6.45) is 0. The van der Waals surface area contributed by atoms with Crippen LogP contribution in [0.15, 0.2) is 51.7 Å². The van der Waals surface area contributed by atoms with E-state index in [2.05, 4.69) is 10.2 Å². The molecule has 5 rings (SSSR count). The molecule has 0 spiro atoms. The highest BCUT2D eigenvalue weighted by atomic mass is 32.1. The lowest BCUT2D eigenvalue weighted by molar-refractivity contribution is 0.0970. The van der Waals surface area contributed by atoms with Crippen LogP contribution in [0, 0.1) is 19.7 Å². The van der Waals surface area contributed by atoms with Gasteiger partial charge in [0.1, 0.15) is 16.4 Å². The third-order valence-corrected chi connectivity index (χ3v) is 5.75. The van der Waals surface area contributed by atoms with Gasteiger partial charge in [-0.25, -0.2) is 4.39 Å². The van der Waals surface area contributed by atoms with Gasteiger partial charge in [0, 0.05) is 0 Å². The number of benzene rings is 2. The molecule has 29 heavy (non-hydrogen) atoms. The Labute approximate surface area is 168 Å². The van der Waals surface area contributed by atoms with Gasteiger partial charge < -0.3 is 4.42 Å². The minimum atomic E-state index is -0.846. The average molecular weight is 407 g/mol. The van der Waals surface area contributed by atoms with Crippen LogP contribution >= 0.6 is 11.3 Å². The van der Waals surface area contributed by atoms with Gasteiger partial charge in [0.25, 0.3) is 5.91 Å². The molecule has 0 radical (unpaired) electrons. The maximum atomic E-state index is 14.0. The topological polar surface area (TPSA) is 76.3 Å². The first-order valence-corrected chi connectivity index (χ1v) is 9.72. The molecule has 2 aromatic carbocycles. The van der Waals surface area contributed by atoms with Crippen LogP contribution in [0.1, 0.15) is 38.3 Å². The highest BCUT2D eigenvalue weighted by Crippen LogP contribution is 2.42. The van der Waals surface area contributed by atoms with Crippen LogP contribution in [0.2, 0.25) is 0 Å². The third-order valence-electron chi connectivity index (χ3n) is 4.91. The summed E-state index contributed by atoms with van der Waals surface area (Å²) in [5.74, 6) is -1.00. The van der Waals surface area contributed by atoms with Crippen molar-refractivity contribution < 1.29 is 13.6 Å². The van der Waals surface area contributed by atoms with Crippen LogP contribution in [0.4, 0.5) is 9.52 Å². The fraction of sp³-hybridized carbons (Fsp3) is 0.143. The van der Waals surface area contributed by atoms with Crippen molar-refractivity contribution in [3.63, 3.8) is 0 Å². The lowest BCUT2D eigenvalue weighted by Gasteiger charge is -2.22. The molecule has 0 N–H and O–H groups in total. The molecule has 0 saturated carbocycles. The van der Waals surface area contributed by atoms with Crippen molar-refractivity contribution >= 4 is 33.3 Å². The van der Waals surface area contributed by atoms with Crippen LogP contribution < -0.4 is 10.3 Å². The number of hydrogen-bond donors (Lipinski definition) is 0. The number of amides is 1. The quantitative estimate of drug-likeness (QED) is 0.499. The van der Waals surface area contributed by atoms with Gasteiger partial charge in [0.15, 0.2) is 5.43 Å². The van der Waals surface area contributed by atoms with Crippen molar-refractivity contribution in [3.8, 4) is 0 Å². The molecule has 144 valence electrons. The second-order valence-electron chi connectivity index (χ2n) is 6.91. The number of aromatic nitrogens is 2. The molecule has 1 aliphatic rings. The number of rotatable bonds is 2. The van der Waals surface area contributed by atoms with Gasteiger partial charge in [-0.05, 0) is 43.7 Å². The summed E-state index contributed by atoms with van der Waals surface area (Å²) in [6.45, 7) is 3.64. The zero-order chi connectivity index (χ0) is 20.3. The summed E-state index contributed by atoms with van der Waals surface area (Å²) in [5.41, 5.74) is 1.57. The van der Waals surface area contributed by atoms with E-state index < -0.39 is 17.8 Å². The number of carbonyl (C=O) groups excluding carboxylic acids is 1. The second-order valence-corrected chi connectivity index (χ2v) is 8.07. The molecule has 1 atom stereocenters. The Morgan fingerprint density at radius 1 is 1.10 bits per heavy atom. The lowest BCUT2D eigenvalue weighted by Crippen LogP contribution is -2.29. The summed E-state index contributed by atoms with van der Waals surface area (Å²) < 4.78 is 19.9. The lowest BCUT2D eigenvalue weighted by atomic mass is 9.98. The van der Waals surface area contributed by atoms with Gasteiger partial charge in [-0.3, -0.25) is 14.5 Å². The zero-order valence-electron chi connectivity index (χ0n) is 15.5. The van der Waals surface area contributed by atoms with Crippen molar-refractivity contribution in [3.05, 3.63) is 86.0 Å². The van der Waals surface area contributed by atoms with Crippen LogP contribution in [-0.2, 0) is 0 Å². The Balaban J connectivity index is 1.84. The molecule has 3 heterocycles. The summed E-state index contributed by atoms with van der Waals surface area (Å²) in [6, 6.07) is 10.2. The second kappa shape index (κ2) is 6.31. The molecule has 1 amide bonds. The Morgan fingerprint density at radius 2 is 1.93 bits per heavy atom. The van der Waals surface area contributed by atoms with Crippen molar-refractivity contribution in [2.45, 2.75) is 19.9 Å². The summed E-state index contributed by atoms with van der Waals surface area (Å²) in [4.78, 5) is 28.0. The number of aryl methyl sites for hydroxylation is 2. The van der Waals surface area contributed by atoms with E-state index in [4.69, 9.17) is 4.42 Å². The molecular weight excluding hydrogens is 393 g/mol. The van der Waals surface area contributed by atoms with Gasteiger partial charge in [0.2, 0.25) is 10.9 Å². The maximum Gasteiger partial charge on any atom is 0.297 e. The molecular formula is C21H14FN3O3S. The van der Waals surface area contributed by atoms with E-state index >= 15 is 0 Å². The van der Waals surface area contributed by atoms with E-state index in [1.807, 2.05) is 13.0 Å². The van der Waals surface area contributed by atoms with Crippen molar-refractivity contribution in [2.24, 2.45) is 0 Å². The van der Waals surface area contributed by atoms with Gasteiger partial charge in [0.05, 0.1) is 17.0 Å². The Morgan fingerprint density at radius 3 is 2.66 bits per heavy atom. The van der Waals surface area contributed by atoms with Crippen LogP contribution in [-0.4, -0.2) is 16.1 Å². The van der Waals surface area contributed by atoms with Crippen molar-refractivity contribution in [1.82, 2.24) is 10.2 Å². The standard InChI is InChI=1S/C21H14FN3O3S/c1-10-6-7-15-14(8-10)18(26)16-17(12-4-3-5-13(22)9-12)25(20(27)19(16)28-15)21-24-23-11(2)29-21/h3-9,17H,1-2H3/t17-/m1/s1. The molecule has 0 bridgehead atoms. The Bertz CT molecular complexity index is 1360. The minimum Gasteiger partial charge on any atom is -0.450 e. The van der Waals surface area contributed by atoms with Crippen LogP contribution in [0.25, 0.3) is 11.0 Å². The van der Waals surface area contributed by atoms with Crippen molar-refractivity contribution in [2.75, 3.05) is 4.90 Å². The first-order valence-electron chi connectivity index (χ1n) is 8.90. The monoisotopic (exact) mass is 407 g/mol. The number of anilines is 1. The maximum absolute atomic E-state index is 14.0. The van der Waals surface area contributed by atoms with Crippen LogP contribution in [0.5, 0.6) is 0 Å². The highest BCUT2D eigenvalue weighted by Gasteiger charge is 2.45. The molecule has 0 aliphatic carbocycles. The zero-order valence-corrected chi connectivity index (χ0v) is 16.3. The summed E-state index contributed by atoms with van der Waals surface area (Å²) >= 11 is 1.22. The molecule has 0 unspecified atom stereocenters. The van der Waals surface area contributed by atoms with E-state index in [0.717, 1.165) is 5.56 Å². The highest BCUT2D eigenvalue weighted by molar-refractivity contribution is 7.15. The number of carbonyl (C=O) groups is 1. The van der Waals surface area contributed by atoms with E-state index in [9.17, 15) is 14.0 Å². The predicted molar refractivity (Wildman–Crippen MR) is 107 cm³/mol. The van der Waals surface area contributed by atoms with E-state index in [1.165, 1.54) is 28.4 Å². The first kappa shape index (κ1) is 17.7. The summed E-state index contributed by atoms with van der Waals surface area (Å²) in [7, 11) is 0. The molecule has 8 heteroatoms.